The minimum atomic E-state index is 0.0372. The first-order valence-electron chi connectivity index (χ1n) is 5.04. The molecule has 3 nitrogen and oxygen atoms in total. The van der Waals surface area contributed by atoms with E-state index in [9.17, 15) is 5.11 Å². The lowest BCUT2D eigenvalue weighted by Gasteiger charge is -2.21. The molecule has 1 aromatic carbocycles. The van der Waals surface area contributed by atoms with Crippen molar-refractivity contribution < 1.29 is 9.84 Å². The number of phenolic OH excluding ortho intramolecular Hbond substituents is 1. The Bertz CT molecular complexity index is 329. The average molecular weight is 209 g/mol. The number of benzene rings is 1. The molecule has 0 fully saturated rings. The Kier molecular flexibility index (Phi) is 3.58. The summed E-state index contributed by atoms with van der Waals surface area (Å²) in [5.74, 6) is 0.736. The minimum Gasteiger partial charge on any atom is -0.504 e. The van der Waals surface area contributed by atoms with Crippen molar-refractivity contribution in [2.75, 3.05) is 7.11 Å². The zero-order valence-electron chi connectivity index (χ0n) is 9.79. The van der Waals surface area contributed by atoms with Crippen molar-refractivity contribution in [1.29, 1.82) is 0 Å². The Morgan fingerprint density at radius 3 is 2.53 bits per heavy atom. The Morgan fingerprint density at radius 1 is 1.33 bits per heavy atom. The van der Waals surface area contributed by atoms with Crippen molar-refractivity contribution in [1.82, 2.24) is 5.32 Å². The summed E-state index contributed by atoms with van der Waals surface area (Å²) in [6, 6.07) is 5.50. The summed E-state index contributed by atoms with van der Waals surface area (Å²) >= 11 is 0. The number of phenols is 1. The van der Waals surface area contributed by atoms with Crippen LogP contribution < -0.4 is 10.1 Å². The molecule has 0 saturated heterocycles. The summed E-state index contributed by atoms with van der Waals surface area (Å²) in [6.07, 6.45) is 0. The highest BCUT2D eigenvalue weighted by molar-refractivity contribution is 5.45. The number of aromatic hydroxyl groups is 1. The van der Waals surface area contributed by atoms with Crippen molar-refractivity contribution in [2.24, 2.45) is 0 Å². The molecule has 0 spiro atoms. The number of para-hydroxylation sites is 1. The molecule has 84 valence electrons. The Morgan fingerprint density at radius 2 is 2.00 bits per heavy atom. The fraction of sp³-hybridized carbons (Fsp3) is 0.500. The van der Waals surface area contributed by atoms with Gasteiger partial charge in [-0.15, -0.1) is 0 Å². The van der Waals surface area contributed by atoms with E-state index in [0.29, 0.717) is 12.3 Å². The maximum Gasteiger partial charge on any atom is 0.162 e. The van der Waals surface area contributed by atoms with Gasteiger partial charge in [0.1, 0.15) is 0 Å². The van der Waals surface area contributed by atoms with Crippen LogP contribution in [0.2, 0.25) is 0 Å². The number of nitrogens with one attached hydrogen (secondary N) is 1. The van der Waals surface area contributed by atoms with E-state index in [1.54, 1.807) is 13.2 Å². The smallest absolute Gasteiger partial charge is 0.162 e. The fourth-order valence-electron chi connectivity index (χ4n) is 1.24. The molecule has 2 N–H and O–H groups in total. The van der Waals surface area contributed by atoms with E-state index in [1.165, 1.54) is 0 Å². The lowest BCUT2D eigenvalue weighted by molar-refractivity contribution is 0.365. The van der Waals surface area contributed by atoms with E-state index in [4.69, 9.17) is 4.74 Å². The average Bonchev–Trinajstić information content (AvgIpc) is 2.15. The highest BCUT2D eigenvalue weighted by Gasteiger charge is 2.11. The molecule has 3 heteroatoms. The lowest BCUT2D eigenvalue weighted by atomic mass is 10.1. The first-order chi connectivity index (χ1) is 6.94. The predicted octanol–water partition coefficient (Wildman–Crippen LogP) is 2.29. The van der Waals surface area contributed by atoms with E-state index in [0.717, 1.165) is 5.56 Å². The molecule has 0 aliphatic rings. The Balaban J connectivity index is 2.78. The summed E-state index contributed by atoms with van der Waals surface area (Å²) in [5.41, 5.74) is 0.888. The molecular formula is C12H19NO2. The van der Waals surface area contributed by atoms with E-state index in [2.05, 4.69) is 26.1 Å². The highest BCUT2D eigenvalue weighted by Crippen LogP contribution is 2.29. The largest absolute Gasteiger partial charge is 0.504 e. The summed E-state index contributed by atoms with van der Waals surface area (Å²) in [5, 5.41) is 13.1. The summed E-state index contributed by atoms with van der Waals surface area (Å²) < 4.78 is 5.04. The molecule has 0 radical (unpaired) electrons. The molecule has 0 aliphatic heterocycles. The summed E-state index contributed by atoms with van der Waals surface area (Å²) in [6.45, 7) is 6.89. The van der Waals surface area contributed by atoms with Crippen LogP contribution in [-0.2, 0) is 6.54 Å². The standard InChI is InChI=1S/C12H19NO2/c1-12(2,3)13-8-9-6-5-7-10(15-4)11(9)14/h5-7,13-14H,8H2,1-4H3. The number of hydrogen-bond donors (Lipinski definition) is 2. The quantitative estimate of drug-likeness (QED) is 0.802. The van der Waals surface area contributed by atoms with Gasteiger partial charge in [-0.05, 0) is 26.8 Å². The first-order valence-corrected chi connectivity index (χ1v) is 5.04. The molecule has 15 heavy (non-hydrogen) atoms. The molecule has 0 saturated carbocycles. The topological polar surface area (TPSA) is 41.5 Å². The van der Waals surface area contributed by atoms with Gasteiger partial charge in [-0.1, -0.05) is 12.1 Å². The van der Waals surface area contributed by atoms with Gasteiger partial charge in [-0.3, -0.25) is 0 Å². The Labute approximate surface area is 91.1 Å². The maximum atomic E-state index is 9.82. The van der Waals surface area contributed by atoms with Gasteiger partial charge in [0.25, 0.3) is 0 Å². The summed E-state index contributed by atoms with van der Waals surface area (Å²) in [4.78, 5) is 0. The zero-order valence-corrected chi connectivity index (χ0v) is 9.79. The molecule has 1 aromatic rings. The number of ether oxygens (including phenoxy) is 1. The van der Waals surface area contributed by atoms with Crippen molar-refractivity contribution in [3.8, 4) is 11.5 Å². The third kappa shape index (κ3) is 3.44. The third-order valence-corrected chi connectivity index (χ3v) is 2.11. The zero-order chi connectivity index (χ0) is 11.5. The van der Waals surface area contributed by atoms with Gasteiger partial charge in [0.15, 0.2) is 11.5 Å². The second kappa shape index (κ2) is 4.53. The number of methoxy groups -OCH3 is 1. The second-order valence-corrected chi connectivity index (χ2v) is 4.57. The van der Waals surface area contributed by atoms with Crippen LogP contribution in [0.25, 0.3) is 0 Å². The van der Waals surface area contributed by atoms with Crippen LogP contribution in [0, 0.1) is 0 Å². The molecule has 0 heterocycles. The van der Waals surface area contributed by atoms with Gasteiger partial charge in [0.2, 0.25) is 0 Å². The van der Waals surface area contributed by atoms with Gasteiger partial charge >= 0.3 is 0 Å². The molecule has 0 atom stereocenters. The van der Waals surface area contributed by atoms with Crippen LogP contribution in [0.3, 0.4) is 0 Å². The van der Waals surface area contributed by atoms with Crippen molar-refractivity contribution in [3.05, 3.63) is 23.8 Å². The van der Waals surface area contributed by atoms with Gasteiger partial charge in [-0.25, -0.2) is 0 Å². The molecule has 0 unspecified atom stereocenters. The SMILES string of the molecule is COc1cccc(CNC(C)(C)C)c1O. The predicted molar refractivity (Wildman–Crippen MR) is 61.3 cm³/mol. The van der Waals surface area contributed by atoms with E-state index >= 15 is 0 Å². The van der Waals surface area contributed by atoms with Gasteiger partial charge in [0.05, 0.1) is 7.11 Å². The van der Waals surface area contributed by atoms with E-state index in [-0.39, 0.29) is 11.3 Å². The van der Waals surface area contributed by atoms with Gasteiger partial charge in [-0.2, -0.15) is 0 Å². The number of hydrogen-bond acceptors (Lipinski definition) is 3. The Hall–Kier alpha value is -1.22. The second-order valence-electron chi connectivity index (χ2n) is 4.57. The summed E-state index contributed by atoms with van der Waals surface area (Å²) in [7, 11) is 1.55. The molecule has 1 rings (SSSR count). The molecule has 0 aromatic heterocycles. The third-order valence-electron chi connectivity index (χ3n) is 2.11. The maximum absolute atomic E-state index is 9.82. The normalized spacial score (nSPS) is 11.5. The lowest BCUT2D eigenvalue weighted by Crippen LogP contribution is -2.35. The van der Waals surface area contributed by atoms with E-state index in [1.807, 2.05) is 12.1 Å². The van der Waals surface area contributed by atoms with Crippen LogP contribution in [0.1, 0.15) is 26.3 Å². The number of rotatable bonds is 3. The monoisotopic (exact) mass is 209 g/mol. The van der Waals surface area contributed by atoms with Crippen molar-refractivity contribution in [3.63, 3.8) is 0 Å². The highest BCUT2D eigenvalue weighted by atomic mass is 16.5. The molecule has 0 amide bonds. The molecule has 0 bridgehead atoms. The van der Waals surface area contributed by atoms with Crippen LogP contribution >= 0.6 is 0 Å². The first kappa shape index (κ1) is 11.9. The molecule has 0 aliphatic carbocycles. The van der Waals surface area contributed by atoms with Gasteiger partial charge < -0.3 is 15.2 Å². The minimum absolute atomic E-state index is 0.0372. The fourth-order valence-corrected chi connectivity index (χ4v) is 1.24. The van der Waals surface area contributed by atoms with Crippen LogP contribution in [0.15, 0.2) is 18.2 Å². The molecular weight excluding hydrogens is 190 g/mol. The van der Waals surface area contributed by atoms with E-state index < -0.39 is 0 Å². The van der Waals surface area contributed by atoms with Crippen LogP contribution in [0.4, 0.5) is 0 Å². The van der Waals surface area contributed by atoms with Gasteiger partial charge in [0, 0.05) is 17.6 Å². The van der Waals surface area contributed by atoms with Crippen LogP contribution in [0.5, 0.6) is 11.5 Å². The van der Waals surface area contributed by atoms with Crippen molar-refractivity contribution in [2.45, 2.75) is 32.9 Å². The van der Waals surface area contributed by atoms with Crippen LogP contribution in [-0.4, -0.2) is 17.8 Å². The van der Waals surface area contributed by atoms with Crippen molar-refractivity contribution >= 4 is 0 Å².